The highest BCUT2D eigenvalue weighted by Gasteiger charge is 2.29. The maximum Gasteiger partial charge on any atom is 0.333 e. The third-order valence-corrected chi connectivity index (χ3v) is 5.99. The van der Waals surface area contributed by atoms with Crippen molar-refractivity contribution in [3.8, 4) is 16.9 Å². The zero-order valence-electron chi connectivity index (χ0n) is 19.0. The molecule has 33 heavy (non-hydrogen) atoms. The van der Waals surface area contributed by atoms with Gasteiger partial charge in [-0.2, -0.15) is 5.10 Å². The number of pyridine rings is 1. The van der Waals surface area contributed by atoms with Gasteiger partial charge in [-0.3, -0.25) is 23.8 Å². The normalized spacial score (nSPS) is 16.2. The van der Waals surface area contributed by atoms with Gasteiger partial charge >= 0.3 is 5.69 Å². The Labute approximate surface area is 188 Å². The number of aromatic nitrogens is 5. The lowest BCUT2D eigenvalue weighted by Gasteiger charge is -2.19. The molecule has 5 rings (SSSR count). The van der Waals surface area contributed by atoms with E-state index in [9.17, 15) is 4.79 Å². The number of imidazole rings is 1. The van der Waals surface area contributed by atoms with Crippen LogP contribution in [0.4, 0.5) is 4.39 Å². The van der Waals surface area contributed by atoms with Crippen LogP contribution in [0.5, 0.6) is 5.75 Å². The van der Waals surface area contributed by atoms with Crippen LogP contribution >= 0.6 is 0 Å². The fraction of sp³-hybridized carbons (Fsp3) is 0.304. The van der Waals surface area contributed by atoms with Crippen molar-refractivity contribution in [2.45, 2.75) is 13.1 Å². The molecule has 0 saturated carbocycles. The molecule has 1 atom stereocenters. The molecule has 10 heteroatoms. The van der Waals surface area contributed by atoms with E-state index in [1.165, 1.54) is 22.5 Å². The van der Waals surface area contributed by atoms with Crippen molar-refractivity contribution >= 4 is 33.8 Å². The number of rotatable bonds is 4. The summed E-state index contributed by atoms with van der Waals surface area (Å²) in [4.78, 5) is 21.9. The van der Waals surface area contributed by atoms with Crippen LogP contribution in [0.15, 0.2) is 40.1 Å². The lowest BCUT2D eigenvalue weighted by Crippen LogP contribution is -2.29. The van der Waals surface area contributed by atoms with Crippen molar-refractivity contribution in [1.29, 1.82) is 0 Å². The lowest BCUT2D eigenvalue weighted by atomic mass is 10.0. The number of alkyl halides is 1. The Hall–Kier alpha value is -3.95. The summed E-state index contributed by atoms with van der Waals surface area (Å²) in [7, 11) is 6.52. The molecule has 4 heterocycles. The number of ether oxygens (including phenoxy) is 2. The second kappa shape index (κ2) is 7.58. The molecule has 9 nitrogen and oxygen atoms in total. The first kappa shape index (κ1) is 20.9. The molecule has 1 aliphatic rings. The van der Waals surface area contributed by atoms with Crippen molar-refractivity contribution in [2.24, 2.45) is 19.1 Å². The Balaban J connectivity index is 1.94. The van der Waals surface area contributed by atoms with Crippen LogP contribution in [-0.2, 0) is 18.8 Å². The molecule has 3 aromatic heterocycles. The van der Waals surface area contributed by atoms with Crippen molar-refractivity contribution in [3.05, 3.63) is 46.5 Å². The van der Waals surface area contributed by atoms with Crippen LogP contribution in [0.3, 0.4) is 0 Å². The van der Waals surface area contributed by atoms with E-state index < -0.39 is 11.9 Å². The average Bonchev–Trinajstić information content (AvgIpc) is 3.27. The second-order valence-electron chi connectivity index (χ2n) is 7.96. The summed E-state index contributed by atoms with van der Waals surface area (Å²) >= 11 is 0. The first-order valence-electron chi connectivity index (χ1n) is 10.4. The minimum atomic E-state index is -1.49. The summed E-state index contributed by atoms with van der Waals surface area (Å²) in [5, 5.41) is 5.13. The molecule has 1 aromatic carbocycles. The van der Waals surface area contributed by atoms with Crippen molar-refractivity contribution in [1.82, 2.24) is 23.9 Å². The van der Waals surface area contributed by atoms with Crippen molar-refractivity contribution < 1.29 is 13.9 Å². The highest BCUT2D eigenvalue weighted by Crippen LogP contribution is 2.38. The number of aryl methyl sites for hydroxylation is 3. The van der Waals surface area contributed by atoms with E-state index in [0.29, 0.717) is 27.7 Å². The van der Waals surface area contributed by atoms with Crippen LogP contribution in [0.2, 0.25) is 0 Å². The molecule has 0 fully saturated rings. The fourth-order valence-corrected chi connectivity index (χ4v) is 4.43. The SMILES string of the molecule is COC1=C(n2c(=O)n(C)c3cnc4cc(OC)c(-c5cn(C)nc5C)cc4c32)C(F)CN=C1. The first-order valence-corrected chi connectivity index (χ1v) is 10.4. The van der Waals surface area contributed by atoms with Crippen LogP contribution in [-0.4, -0.2) is 57.0 Å². The summed E-state index contributed by atoms with van der Waals surface area (Å²) < 4.78 is 30.7. The maximum atomic E-state index is 15.1. The van der Waals surface area contributed by atoms with E-state index in [1.54, 1.807) is 25.0 Å². The van der Waals surface area contributed by atoms with E-state index in [1.807, 2.05) is 32.3 Å². The fourth-order valence-electron chi connectivity index (χ4n) is 4.43. The third-order valence-electron chi connectivity index (χ3n) is 5.99. The number of methoxy groups -OCH3 is 2. The minimum Gasteiger partial charge on any atom is -0.496 e. The summed E-state index contributed by atoms with van der Waals surface area (Å²) in [6.45, 7) is 1.84. The summed E-state index contributed by atoms with van der Waals surface area (Å²) in [5.41, 5.74) is 3.99. The maximum absolute atomic E-state index is 15.1. The van der Waals surface area contributed by atoms with E-state index in [2.05, 4.69) is 15.1 Å². The molecule has 170 valence electrons. The Morgan fingerprint density at radius 1 is 1.15 bits per heavy atom. The van der Waals surface area contributed by atoms with Gasteiger partial charge in [-0.25, -0.2) is 9.18 Å². The number of hydrogen-bond donors (Lipinski definition) is 0. The van der Waals surface area contributed by atoms with Gasteiger partial charge in [-0.1, -0.05) is 0 Å². The van der Waals surface area contributed by atoms with Crippen LogP contribution < -0.4 is 10.4 Å². The number of allylic oxidation sites excluding steroid dienone is 1. The largest absolute Gasteiger partial charge is 0.496 e. The second-order valence-corrected chi connectivity index (χ2v) is 7.96. The molecule has 0 spiro atoms. The molecule has 0 amide bonds. The Bertz CT molecular complexity index is 1540. The predicted octanol–water partition coefficient (Wildman–Crippen LogP) is 2.84. The zero-order chi connectivity index (χ0) is 23.4. The van der Waals surface area contributed by atoms with Gasteiger partial charge in [0.05, 0.1) is 55.4 Å². The Morgan fingerprint density at radius 3 is 2.61 bits per heavy atom. The van der Waals surface area contributed by atoms with E-state index in [0.717, 1.165) is 16.8 Å². The first-order chi connectivity index (χ1) is 15.8. The van der Waals surface area contributed by atoms with Gasteiger partial charge in [0.15, 0.2) is 11.9 Å². The molecule has 4 aromatic rings. The number of fused-ring (bicyclic) bond motifs is 3. The van der Waals surface area contributed by atoms with Crippen LogP contribution in [0.1, 0.15) is 5.69 Å². The molecule has 0 bridgehead atoms. The predicted molar refractivity (Wildman–Crippen MR) is 124 cm³/mol. The van der Waals surface area contributed by atoms with Gasteiger partial charge < -0.3 is 9.47 Å². The smallest absolute Gasteiger partial charge is 0.333 e. The lowest BCUT2D eigenvalue weighted by molar-refractivity contribution is 0.302. The molecule has 0 radical (unpaired) electrons. The molecule has 0 N–H and O–H groups in total. The summed E-state index contributed by atoms with van der Waals surface area (Å²) in [5.74, 6) is 0.838. The highest BCUT2D eigenvalue weighted by atomic mass is 19.1. The zero-order valence-corrected chi connectivity index (χ0v) is 19.0. The van der Waals surface area contributed by atoms with E-state index in [-0.39, 0.29) is 18.0 Å². The minimum absolute atomic E-state index is 0.0814. The van der Waals surface area contributed by atoms with Crippen molar-refractivity contribution in [3.63, 3.8) is 0 Å². The number of hydrogen-bond acceptors (Lipinski definition) is 6. The number of dihydropyridines is 1. The molecule has 1 aliphatic heterocycles. The highest BCUT2D eigenvalue weighted by molar-refractivity contribution is 6.07. The summed E-state index contributed by atoms with van der Waals surface area (Å²) in [6.07, 6.45) is 3.48. The van der Waals surface area contributed by atoms with Gasteiger partial charge in [-0.15, -0.1) is 0 Å². The number of aliphatic imine (C=N–C) groups is 1. The van der Waals surface area contributed by atoms with Crippen LogP contribution in [0, 0.1) is 6.92 Å². The van der Waals surface area contributed by atoms with Gasteiger partial charge in [0.1, 0.15) is 11.4 Å². The number of benzene rings is 1. The van der Waals surface area contributed by atoms with Gasteiger partial charge in [-0.05, 0) is 13.0 Å². The monoisotopic (exact) mass is 450 g/mol. The Kier molecular flexibility index (Phi) is 4.80. The van der Waals surface area contributed by atoms with E-state index >= 15 is 4.39 Å². The quantitative estimate of drug-likeness (QED) is 0.477. The average molecular weight is 450 g/mol. The Morgan fingerprint density at radius 2 is 1.94 bits per heavy atom. The molecule has 0 aliphatic carbocycles. The summed E-state index contributed by atoms with van der Waals surface area (Å²) in [6, 6.07) is 3.74. The molecule has 0 saturated heterocycles. The molecular formula is C23H23FN6O3. The number of halogens is 1. The standard InChI is InChI=1S/C23H23FN6O3/c1-12-15(11-28(2)27-12)13-6-14-17(7-19(13)32-4)26-9-18-21(14)30(23(31)29(18)3)22-16(24)8-25-10-20(22)33-5/h6-7,9-11,16H,8H2,1-5H3. The topological polar surface area (TPSA) is 88.5 Å². The van der Waals surface area contributed by atoms with Crippen molar-refractivity contribution in [2.75, 3.05) is 20.8 Å². The van der Waals surface area contributed by atoms with Gasteiger partial charge in [0.2, 0.25) is 0 Å². The number of nitrogens with zero attached hydrogens (tertiary/aromatic N) is 6. The molecule has 1 unspecified atom stereocenters. The van der Waals surface area contributed by atoms with Crippen LogP contribution in [0.25, 0.3) is 38.8 Å². The van der Waals surface area contributed by atoms with Gasteiger partial charge in [0.25, 0.3) is 0 Å². The van der Waals surface area contributed by atoms with Gasteiger partial charge in [0, 0.05) is 42.9 Å². The van der Waals surface area contributed by atoms with E-state index in [4.69, 9.17) is 9.47 Å². The third kappa shape index (κ3) is 3.05. The molecular weight excluding hydrogens is 427 g/mol.